The molecule has 0 bridgehead atoms. The molecular formula is C13H17N3O2S. The highest BCUT2D eigenvalue weighted by atomic mass is 32.1. The number of Topliss-reactive ketones (excluding diaryl/α,β-unsaturated/α-hetero) is 1. The number of nitrogens with one attached hydrogen (secondary N) is 1. The van der Waals surface area contributed by atoms with Crippen LogP contribution in [0.1, 0.15) is 47.8 Å². The molecule has 1 aromatic heterocycles. The van der Waals surface area contributed by atoms with Crippen LogP contribution in [0.5, 0.6) is 0 Å². The highest BCUT2D eigenvalue weighted by Gasteiger charge is 2.23. The van der Waals surface area contributed by atoms with E-state index in [-0.39, 0.29) is 23.6 Å². The number of nitrogen functional groups attached to an aromatic ring is 1. The molecule has 0 amide bonds. The molecule has 5 nitrogen and oxygen atoms in total. The normalized spacial score (nSPS) is 22.8. The van der Waals surface area contributed by atoms with Crippen molar-refractivity contribution in [3.05, 3.63) is 10.4 Å². The molecule has 1 aliphatic rings. The van der Waals surface area contributed by atoms with Crippen molar-refractivity contribution in [2.75, 3.05) is 11.1 Å². The van der Waals surface area contributed by atoms with Crippen LogP contribution < -0.4 is 11.1 Å². The summed E-state index contributed by atoms with van der Waals surface area (Å²) in [5, 5.41) is 22.6. The molecule has 1 aromatic rings. The highest BCUT2D eigenvalue weighted by molar-refractivity contribution is 7.19. The first-order chi connectivity index (χ1) is 9.02. The standard InChI is InChI=1S/C13H17N3O2S/c1-7(17)12-11(15)10(6-14)13(19-12)16-8-2-4-9(18)5-3-8/h8-9,16,18H,2-5,15H2,1H3. The Morgan fingerprint density at radius 3 is 2.63 bits per heavy atom. The van der Waals surface area contributed by atoms with Gasteiger partial charge in [-0.2, -0.15) is 5.26 Å². The van der Waals surface area contributed by atoms with E-state index >= 15 is 0 Å². The van der Waals surface area contributed by atoms with Gasteiger partial charge in [-0.3, -0.25) is 4.79 Å². The molecule has 1 heterocycles. The lowest BCUT2D eigenvalue weighted by atomic mass is 9.93. The summed E-state index contributed by atoms with van der Waals surface area (Å²) in [5.74, 6) is -0.119. The summed E-state index contributed by atoms with van der Waals surface area (Å²) in [6.07, 6.45) is 3.04. The highest BCUT2D eigenvalue weighted by Crippen LogP contribution is 2.37. The third-order valence-corrected chi connectivity index (χ3v) is 4.65. The Kier molecular flexibility index (Phi) is 4.08. The van der Waals surface area contributed by atoms with Crippen LogP contribution in [-0.4, -0.2) is 23.0 Å². The molecule has 0 atom stereocenters. The van der Waals surface area contributed by atoms with E-state index in [0.29, 0.717) is 15.4 Å². The molecule has 0 aromatic carbocycles. The van der Waals surface area contributed by atoms with E-state index in [1.165, 1.54) is 18.3 Å². The second-order valence-electron chi connectivity index (χ2n) is 4.87. The minimum atomic E-state index is -0.213. The molecule has 102 valence electrons. The Morgan fingerprint density at radius 1 is 1.47 bits per heavy atom. The molecule has 0 unspecified atom stereocenters. The number of aliphatic hydroxyl groups is 1. The lowest BCUT2D eigenvalue weighted by molar-refractivity contribution is 0.102. The second kappa shape index (κ2) is 5.59. The first-order valence-electron chi connectivity index (χ1n) is 6.30. The Balaban J connectivity index is 2.18. The van der Waals surface area contributed by atoms with Crippen molar-refractivity contribution in [3.8, 4) is 6.07 Å². The van der Waals surface area contributed by atoms with Gasteiger partial charge in [0.1, 0.15) is 16.6 Å². The third-order valence-electron chi connectivity index (χ3n) is 3.41. The summed E-state index contributed by atoms with van der Waals surface area (Å²) < 4.78 is 0. The average Bonchev–Trinajstić information content (AvgIpc) is 2.68. The number of nitrogens with zero attached hydrogens (tertiary/aromatic N) is 1. The number of aliphatic hydroxyl groups excluding tert-OH is 1. The minimum absolute atomic E-state index is 0.119. The molecule has 2 rings (SSSR count). The van der Waals surface area contributed by atoms with E-state index in [2.05, 4.69) is 11.4 Å². The topological polar surface area (TPSA) is 99.1 Å². The van der Waals surface area contributed by atoms with Crippen LogP contribution >= 0.6 is 11.3 Å². The molecule has 1 aliphatic carbocycles. The van der Waals surface area contributed by atoms with Gasteiger partial charge >= 0.3 is 0 Å². The van der Waals surface area contributed by atoms with Gasteiger partial charge in [0.2, 0.25) is 0 Å². The number of carbonyl (C=O) groups excluding carboxylic acids is 1. The molecule has 0 saturated heterocycles. The molecule has 1 fully saturated rings. The van der Waals surface area contributed by atoms with Crippen molar-refractivity contribution in [1.29, 1.82) is 5.26 Å². The monoisotopic (exact) mass is 279 g/mol. The number of carbonyl (C=O) groups is 1. The van der Waals surface area contributed by atoms with E-state index in [0.717, 1.165) is 25.7 Å². The van der Waals surface area contributed by atoms with E-state index in [4.69, 9.17) is 11.0 Å². The Hall–Kier alpha value is -1.58. The SMILES string of the molecule is CC(=O)c1sc(NC2CCC(O)CC2)c(C#N)c1N. The number of hydrogen-bond acceptors (Lipinski definition) is 6. The van der Waals surface area contributed by atoms with Crippen LogP contribution in [-0.2, 0) is 0 Å². The number of ketones is 1. The molecular weight excluding hydrogens is 262 g/mol. The number of thiophene rings is 1. The van der Waals surface area contributed by atoms with Crippen molar-refractivity contribution >= 4 is 27.8 Å². The van der Waals surface area contributed by atoms with Crippen LogP contribution in [0.15, 0.2) is 0 Å². The predicted molar refractivity (Wildman–Crippen MR) is 75.3 cm³/mol. The maximum Gasteiger partial charge on any atom is 0.171 e. The van der Waals surface area contributed by atoms with Crippen LogP contribution in [0.2, 0.25) is 0 Å². The molecule has 6 heteroatoms. The Bertz CT molecular complexity index is 525. The number of hydrogen-bond donors (Lipinski definition) is 3. The second-order valence-corrected chi connectivity index (χ2v) is 5.89. The van der Waals surface area contributed by atoms with Gasteiger partial charge in [-0.15, -0.1) is 11.3 Å². The van der Waals surface area contributed by atoms with Crippen LogP contribution in [0.3, 0.4) is 0 Å². The summed E-state index contributed by atoms with van der Waals surface area (Å²) in [6.45, 7) is 1.45. The largest absolute Gasteiger partial charge is 0.396 e. The Labute approximate surface area is 116 Å². The number of nitrogens with two attached hydrogens (primary N) is 1. The number of rotatable bonds is 3. The summed E-state index contributed by atoms with van der Waals surface area (Å²) >= 11 is 1.24. The first kappa shape index (κ1) is 13.8. The molecule has 0 aliphatic heterocycles. The van der Waals surface area contributed by atoms with E-state index < -0.39 is 0 Å². The van der Waals surface area contributed by atoms with Gasteiger partial charge in [0.25, 0.3) is 0 Å². The van der Waals surface area contributed by atoms with Gasteiger partial charge in [0, 0.05) is 13.0 Å². The van der Waals surface area contributed by atoms with Crippen LogP contribution in [0.4, 0.5) is 10.7 Å². The summed E-state index contributed by atoms with van der Waals surface area (Å²) in [5.41, 5.74) is 6.47. The zero-order valence-electron chi connectivity index (χ0n) is 10.8. The van der Waals surface area contributed by atoms with Crippen molar-refractivity contribution in [2.24, 2.45) is 0 Å². The lowest BCUT2D eigenvalue weighted by Crippen LogP contribution is -2.28. The minimum Gasteiger partial charge on any atom is -0.396 e. The van der Waals surface area contributed by atoms with Gasteiger partial charge in [0.05, 0.1) is 16.7 Å². The smallest absolute Gasteiger partial charge is 0.171 e. The average molecular weight is 279 g/mol. The predicted octanol–water partition coefficient (Wildman–Crippen LogP) is 2.12. The molecule has 0 spiro atoms. The van der Waals surface area contributed by atoms with Crippen molar-refractivity contribution in [2.45, 2.75) is 44.8 Å². The molecule has 0 radical (unpaired) electrons. The van der Waals surface area contributed by atoms with Crippen molar-refractivity contribution < 1.29 is 9.90 Å². The number of nitriles is 1. The maximum atomic E-state index is 11.4. The zero-order valence-corrected chi connectivity index (χ0v) is 11.6. The van der Waals surface area contributed by atoms with Crippen LogP contribution in [0, 0.1) is 11.3 Å². The van der Waals surface area contributed by atoms with Crippen molar-refractivity contribution in [1.82, 2.24) is 0 Å². The van der Waals surface area contributed by atoms with Gasteiger partial charge in [-0.25, -0.2) is 0 Å². The van der Waals surface area contributed by atoms with E-state index in [1.54, 1.807) is 0 Å². The van der Waals surface area contributed by atoms with E-state index in [1.807, 2.05) is 0 Å². The van der Waals surface area contributed by atoms with Crippen LogP contribution in [0.25, 0.3) is 0 Å². The fraction of sp³-hybridized carbons (Fsp3) is 0.538. The van der Waals surface area contributed by atoms with Crippen molar-refractivity contribution in [3.63, 3.8) is 0 Å². The molecule has 1 saturated carbocycles. The number of anilines is 2. The van der Waals surface area contributed by atoms with Gasteiger partial charge < -0.3 is 16.2 Å². The summed E-state index contributed by atoms with van der Waals surface area (Å²) in [7, 11) is 0. The lowest BCUT2D eigenvalue weighted by Gasteiger charge is -2.26. The van der Waals surface area contributed by atoms with E-state index in [9.17, 15) is 9.90 Å². The van der Waals surface area contributed by atoms with Gasteiger partial charge in [0.15, 0.2) is 5.78 Å². The molecule has 19 heavy (non-hydrogen) atoms. The third kappa shape index (κ3) is 2.88. The quantitative estimate of drug-likeness (QED) is 0.736. The maximum absolute atomic E-state index is 11.4. The first-order valence-corrected chi connectivity index (χ1v) is 7.12. The van der Waals surface area contributed by atoms with Gasteiger partial charge in [-0.05, 0) is 25.7 Å². The summed E-state index contributed by atoms with van der Waals surface area (Å²) in [4.78, 5) is 11.9. The fourth-order valence-corrected chi connectivity index (χ4v) is 3.37. The van der Waals surface area contributed by atoms with Gasteiger partial charge in [-0.1, -0.05) is 0 Å². The zero-order chi connectivity index (χ0) is 14.0. The Morgan fingerprint density at radius 2 is 2.11 bits per heavy atom. The summed E-state index contributed by atoms with van der Waals surface area (Å²) in [6, 6.07) is 2.29. The molecule has 4 N–H and O–H groups in total. The fourth-order valence-electron chi connectivity index (χ4n) is 2.32.